The van der Waals surface area contributed by atoms with E-state index in [2.05, 4.69) is 44.2 Å². The van der Waals surface area contributed by atoms with Gasteiger partial charge in [-0.05, 0) is 36.4 Å². The molecule has 1 aromatic heterocycles. The quantitative estimate of drug-likeness (QED) is 0.666. The molecule has 0 amide bonds. The average Bonchev–Trinajstić information content (AvgIpc) is 3.16. The van der Waals surface area contributed by atoms with Crippen LogP contribution in [0.5, 0.6) is 5.75 Å². The number of ether oxygens (including phenoxy) is 1. The SMILES string of the molecule is Fc1ccc(OCc2noc(CN3CCN(c4ccccc4)CC3)n2)cc1. The molecule has 6 nitrogen and oxygen atoms in total. The van der Waals surface area contributed by atoms with Crippen molar-refractivity contribution in [1.82, 2.24) is 15.0 Å². The predicted molar refractivity (Wildman–Crippen MR) is 99.0 cm³/mol. The molecule has 7 heteroatoms. The molecule has 0 aliphatic carbocycles. The minimum absolute atomic E-state index is 0.191. The molecule has 0 radical (unpaired) electrons. The lowest BCUT2D eigenvalue weighted by Gasteiger charge is -2.35. The van der Waals surface area contributed by atoms with Gasteiger partial charge in [-0.1, -0.05) is 23.4 Å². The van der Waals surface area contributed by atoms with Crippen LogP contribution in [0.15, 0.2) is 59.1 Å². The molecule has 0 atom stereocenters. The number of benzene rings is 2. The van der Waals surface area contributed by atoms with Crippen molar-refractivity contribution in [2.45, 2.75) is 13.2 Å². The van der Waals surface area contributed by atoms with Gasteiger partial charge in [0.15, 0.2) is 6.61 Å². The van der Waals surface area contributed by atoms with Crippen LogP contribution in [0.3, 0.4) is 0 Å². The summed E-state index contributed by atoms with van der Waals surface area (Å²) in [6.45, 7) is 4.65. The third-order valence-corrected chi connectivity index (χ3v) is 4.54. The molecule has 27 heavy (non-hydrogen) atoms. The Kier molecular flexibility index (Phi) is 5.29. The maximum atomic E-state index is 12.9. The second-order valence-electron chi connectivity index (χ2n) is 6.45. The Balaban J connectivity index is 1.25. The number of aromatic nitrogens is 2. The molecule has 2 heterocycles. The van der Waals surface area contributed by atoms with Crippen molar-refractivity contribution in [3.63, 3.8) is 0 Å². The van der Waals surface area contributed by atoms with Crippen LogP contribution in [0.25, 0.3) is 0 Å². The van der Waals surface area contributed by atoms with E-state index in [1.807, 2.05) is 6.07 Å². The molecule has 0 saturated carbocycles. The molecule has 2 aromatic carbocycles. The Morgan fingerprint density at radius 3 is 2.44 bits per heavy atom. The number of para-hydroxylation sites is 1. The van der Waals surface area contributed by atoms with Crippen LogP contribution in [0, 0.1) is 5.82 Å². The second-order valence-corrected chi connectivity index (χ2v) is 6.45. The maximum absolute atomic E-state index is 12.9. The molecule has 3 aromatic rings. The summed E-state index contributed by atoms with van der Waals surface area (Å²) in [5.74, 6) is 1.34. The van der Waals surface area contributed by atoms with Crippen molar-refractivity contribution in [2.75, 3.05) is 31.1 Å². The molecule has 0 unspecified atom stereocenters. The van der Waals surface area contributed by atoms with Crippen LogP contribution in [-0.2, 0) is 13.2 Å². The average molecular weight is 368 g/mol. The molecule has 1 saturated heterocycles. The number of hydrogen-bond acceptors (Lipinski definition) is 6. The molecule has 0 spiro atoms. The van der Waals surface area contributed by atoms with E-state index >= 15 is 0 Å². The molecule has 1 aliphatic rings. The van der Waals surface area contributed by atoms with Gasteiger partial charge in [0.1, 0.15) is 11.6 Å². The van der Waals surface area contributed by atoms with Gasteiger partial charge in [-0.3, -0.25) is 4.90 Å². The van der Waals surface area contributed by atoms with Gasteiger partial charge in [0.05, 0.1) is 6.54 Å². The van der Waals surface area contributed by atoms with E-state index in [-0.39, 0.29) is 12.4 Å². The summed E-state index contributed by atoms with van der Waals surface area (Å²) in [6.07, 6.45) is 0. The molecule has 1 aliphatic heterocycles. The lowest BCUT2D eigenvalue weighted by molar-refractivity contribution is 0.214. The Labute approximate surface area is 157 Å². The molecule has 0 N–H and O–H groups in total. The first-order chi connectivity index (χ1) is 13.3. The van der Waals surface area contributed by atoms with Gasteiger partial charge in [-0.25, -0.2) is 4.39 Å². The fourth-order valence-electron chi connectivity index (χ4n) is 3.09. The first-order valence-corrected chi connectivity index (χ1v) is 8.98. The number of hydrogen-bond donors (Lipinski definition) is 0. The van der Waals surface area contributed by atoms with Crippen molar-refractivity contribution in [3.8, 4) is 5.75 Å². The van der Waals surface area contributed by atoms with Gasteiger partial charge in [-0.15, -0.1) is 0 Å². The minimum atomic E-state index is -0.295. The molecular weight excluding hydrogens is 347 g/mol. The topological polar surface area (TPSA) is 54.6 Å². The second kappa shape index (κ2) is 8.18. The smallest absolute Gasteiger partial charge is 0.240 e. The number of nitrogens with zero attached hydrogens (tertiary/aromatic N) is 4. The van der Waals surface area contributed by atoms with Gasteiger partial charge in [0, 0.05) is 31.9 Å². The number of rotatable bonds is 6. The fourth-order valence-corrected chi connectivity index (χ4v) is 3.09. The monoisotopic (exact) mass is 368 g/mol. The molecule has 1 fully saturated rings. The Morgan fingerprint density at radius 1 is 0.963 bits per heavy atom. The van der Waals surface area contributed by atoms with Gasteiger partial charge in [0.2, 0.25) is 11.7 Å². The highest BCUT2D eigenvalue weighted by Gasteiger charge is 2.19. The summed E-state index contributed by atoms with van der Waals surface area (Å²) < 4.78 is 23.8. The van der Waals surface area contributed by atoms with E-state index in [1.54, 1.807) is 12.1 Å². The van der Waals surface area contributed by atoms with Gasteiger partial charge in [0.25, 0.3) is 0 Å². The number of halogens is 1. The van der Waals surface area contributed by atoms with E-state index in [4.69, 9.17) is 9.26 Å². The van der Waals surface area contributed by atoms with E-state index in [9.17, 15) is 4.39 Å². The van der Waals surface area contributed by atoms with Crippen molar-refractivity contribution in [1.29, 1.82) is 0 Å². The van der Waals surface area contributed by atoms with E-state index in [0.29, 0.717) is 24.0 Å². The zero-order valence-electron chi connectivity index (χ0n) is 14.9. The van der Waals surface area contributed by atoms with E-state index in [0.717, 1.165) is 26.2 Å². The van der Waals surface area contributed by atoms with Crippen molar-refractivity contribution in [3.05, 3.63) is 72.1 Å². The molecular formula is C20H21FN4O2. The standard InChI is InChI=1S/C20H21FN4O2/c21-16-6-8-18(9-7-16)26-15-19-22-20(27-23-19)14-24-10-12-25(13-11-24)17-4-2-1-3-5-17/h1-9H,10-15H2. The summed E-state index contributed by atoms with van der Waals surface area (Å²) in [5, 5.41) is 3.95. The summed E-state index contributed by atoms with van der Waals surface area (Å²) in [5.41, 5.74) is 1.26. The summed E-state index contributed by atoms with van der Waals surface area (Å²) in [7, 11) is 0. The Morgan fingerprint density at radius 2 is 1.70 bits per heavy atom. The van der Waals surface area contributed by atoms with Crippen LogP contribution in [0.1, 0.15) is 11.7 Å². The lowest BCUT2D eigenvalue weighted by Crippen LogP contribution is -2.46. The molecule has 140 valence electrons. The summed E-state index contributed by atoms with van der Waals surface area (Å²) in [4.78, 5) is 9.07. The summed E-state index contributed by atoms with van der Waals surface area (Å²) >= 11 is 0. The third kappa shape index (κ3) is 4.62. The highest BCUT2D eigenvalue weighted by atomic mass is 19.1. The number of piperazine rings is 1. The van der Waals surface area contributed by atoms with Gasteiger partial charge >= 0.3 is 0 Å². The van der Waals surface area contributed by atoms with Gasteiger partial charge < -0.3 is 14.2 Å². The first kappa shape index (κ1) is 17.5. The maximum Gasteiger partial charge on any atom is 0.240 e. The molecule has 4 rings (SSSR count). The lowest BCUT2D eigenvalue weighted by atomic mass is 10.2. The zero-order chi connectivity index (χ0) is 18.5. The fraction of sp³-hybridized carbons (Fsp3) is 0.300. The van der Waals surface area contributed by atoms with E-state index < -0.39 is 0 Å². The normalized spacial score (nSPS) is 15.1. The zero-order valence-corrected chi connectivity index (χ0v) is 14.9. The highest BCUT2D eigenvalue weighted by Crippen LogP contribution is 2.17. The predicted octanol–water partition coefficient (Wildman–Crippen LogP) is 3.11. The van der Waals surface area contributed by atoms with E-state index in [1.165, 1.54) is 17.8 Å². The van der Waals surface area contributed by atoms with Crippen LogP contribution in [0.4, 0.5) is 10.1 Å². The largest absolute Gasteiger partial charge is 0.485 e. The summed E-state index contributed by atoms with van der Waals surface area (Å²) in [6, 6.07) is 16.3. The third-order valence-electron chi connectivity index (χ3n) is 4.54. The van der Waals surface area contributed by atoms with Crippen molar-refractivity contribution in [2.24, 2.45) is 0 Å². The number of anilines is 1. The highest BCUT2D eigenvalue weighted by molar-refractivity contribution is 5.46. The van der Waals surface area contributed by atoms with Crippen LogP contribution in [-0.4, -0.2) is 41.2 Å². The Bertz CT molecular complexity index is 846. The Hall–Kier alpha value is -2.93. The van der Waals surface area contributed by atoms with Crippen LogP contribution in [0.2, 0.25) is 0 Å². The first-order valence-electron chi connectivity index (χ1n) is 8.98. The minimum Gasteiger partial charge on any atom is -0.485 e. The van der Waals surface area contributed by atoms with Gasteiger partial charge in [-0.2, -0.15) is 4.98 Å². The van der Waals surface area contributed by atoms with Crippen LogP contribution >= 0.6 is 0 Å². The van der Waals surface area contributed by atoms with Crippen LogP contribution < -0.4 is 9.64 Å². The molecule has 0 bridgehead atoms. The van der Waals surface area contributed by atoms with Crippen molar-refractivity contribution >= 4 is 5.69 Å². The van der Waals surface area contributed by atoms with Crippen molar-refractivity contribution < 1.29 is 13.7 Å².